The highest BCUT2D eigenvalue weighted by Crippen LogP contribution is 2.23. The molecule has 0 aliphatic carbocycles. The molecule has 0 unspecified atom stereocenters. The number of hydrogen-bond acceptors (Lipinski definition) is 3. The molecule has 0 N–H and O–H groups in total. The summed E-state index contributed by atoms with van der Waals surface area (Å²) in [6.45, 7) is 1.88. The van der Waals surface area contributed by atoms with Gasteiger partial charge in [-0.05, 0) is 31.2 Å². The van der Waals surface area contributed by atoms with Gasteiger partial charge in [0.2, 0.25) is 10.0 Å². The molecule has 1 aromatic heterocycles. The van der Waals surface area contributed by atoms with Crippen LogP contribution in [0.15, 0.2) is 35.2 Å². The normalized spacial score (nSPS) is 12.2. The molecule has 0 saturated carbocycles. The summed E-state index contributed by atoms with van der Waals surface area (Å²) >= 11 is 0. The summed E-state index contributed by atoms with van der Waals surface area (Å²) in [5.74, 6) is 0. The summed E-state index contributed by atoms with van der Waals surface area (Å²) in [5, 5.41) is 0.659. The zero-order valence-corrected chi connectivity index (χ0v) is 10.8. The molecule has 4 nitrogen and oxygen atoms in total. The van der Waals surface area contributed by atoms with E-state index in [1.807, 2.05) is 19.1 Å². The van der Waals surface area contributed by atoms with Crippen molar-refractivity contribution in [2.75, 3.05) is 14.1 Å². The van der Waals surface area contributed by atoms with Gasteiger partial charge in [0.1, 0.15) is 0 Å². The Morgan fingerprint density at radius 2 is 1.82 bits per heavy atom. The van der Waals surface area contributed by atoms with Crippen LogP contribution in [0.3, 0.4) is 0 Å². The molecule has 0 fully saturated rings. The van der Waals surface area contributed by atoms with Gasteiger partial charge in [-0.1, -0.05) is 6.07 Å². The van der Waals surface area contributed by atoms with E-state index in [-0.39, 0.29) is 0 Å². The summed E-state index contributed by atoms with van der Waals surface area (Å²) in [7, 11) is -0.376. The number of rotatable bonds is 2. The van der Waals surface area contributed by atoms with Crippen molar-refractivity contribution in [2.24, 2.45) is 0 Å². The molecular formula is C12H14N2O2S. The van der Waals surface area contributed by atoms with Crippen LogP contribution in [-0.4, -0.2) is 31.8 Å². The standard InChI is InChI=1S/C12H14N2O2S/c1-9-7-8-10-11(13-9)5-4-6-12(10)17(15,16)14(2)3/h4-8H,1-3H3. The monoisotopic (exact) mass is 250 g/mol. The van der Waals surface area contributed by atoms with Crippen molar-refractivity contribution in [3.8, 4) is 0 Å². The van der Waals surface area contributed by atoms with Gasteiger partial charge in [0, 0.05) is 25.2 Å². The van der Waals surface area contributed by atoms with Crippen molar-refractivity contribution in [3.63, 3.8) is 0 Å². The van der Waals surface area contributed by atoms with E-state index in [1.165, 1.54) is 18.4 Å². The fourth-order valence-electron chi connectivity index (χ4n) is 1.65. The van der Waals surface area contributed by atoms with Crippen LogP contribution in [0, 0.1) is 6.92 Å². The van der Waals surface area contributed by atoms with E-state index in [4.69, 9.17) is 0 Å². The zero-order chi connectivity index (χ0) is 12.6. The second-order valence-electron chi connectivity index (χ2n) is 4.06. The topological polar surface area (TPSA) is 50.3 Å². The first kappa shape index (κ1) is 12.0. The molecule has 0 bridgehead atoms. The molecular weight excluding hydrogens is 236 g/mol. The van der Waals surface area contributed by atoms with E-state index in [1.54, 1.807) is 18.2 Å². The minimum atomic E-state index is -3.42. The summed E-state index contributed by atoms with van der Waals surface area (Å²) in [6.07, 6.45) is 0. The fourth-order valence-corrected chi connectivity index (χ4v) is 2.74. The number of sulfonamides is 1. The Balaban J connectivity index is 2.80. The molecule has 0 amide bonds. The van der Waals surface area contributed by atoms with Gasteiger partial charge >= 0.3 is 0 Å². The Bertz CT molecular complexity index is 663. The second kappa shape index (κ2) is 4.09. The van der Waals surface area contributed by atoms with E-state index in [2.05, 4.69) is 4.98 Å². The molecule has 1 heterocycles. The number of nitrogens with zero attached hydrogens (tertiary/aromatic N) is 2. The number of benzene rings is 1. The van der Waals surface area contributed by atoms with Crippen LogP contribution >= 0.6 is 0 Å². The van der Waals surface area contributed by atoms with E-state index in [9.17, 15) is 8.42 Å². The predicted molar refractivity (Wildman–Crippen MR) is 67.4 cm³/mol. The number of pyridine rings is 1. The molecule has 0 aliphatic heterocycles. The summed E-state index contributed by atoms with van der Waals surface area (Å²) in [4.78, 5) is 4.62. The van der Waals surface area contributed by atoms with Crippen molar-refractivity contribution in [2.45, 2.75) is 11.8 Å². The molecule has 2 rings (SSSR count). The molecule has 0 radical (unpaired) electrons. The van der Waals surface area contributed by atoms with E-state index in [0.717, 1.165) is 5.69 Å². The molecule has 1 aromatic carbocycles. The summed E-state index contributed by atoms with van der Waals surface area (Å²) < 4.78 is 25.5. The number of aromatic nitrogens is 1. The molecule has 17 heavy (non-hydrogen) atoms. The second-order valence-corrected chi connectivity index (χ2v) is 6.18. The van der Waals surface area contributed by atoms with Crippen LogP contribution in [-0.2, 0) is 10.0 Å². The third-order valence-electron chi connectivity index (χ3n) is 2.59. The highest BCUT2D eigenvalue weighted by atomic mass is 32.2. The Morgan fingerprint density at radius 3 is 2.47 bits per heavy atom. The predicted octanol–water partition coefficient (Wildman–Crippen LogP) is 1.79. The third-order valence-corrected chi connectivity index (χ3v) is 4.46. The van der Waals surface area contributed by atoms with Gasteiger partial charge in [0.05, 0.1) is 10.4 Å². The first-order valence-electron chi connectivity index (χ1n) is 5.22. The van der Waals surface area contributed by atoms with Crippen LogP contribution in [0.5, 0.6) is 0 Å². The summed E-state index contributed by atoms with van der Waals surface area (Å²) in [5.41, 5.74) is 1.57. The van der Waals surface area contributed by atoms with Crippen LogP contribution in [0.2, 0.25) is 0 Å². The van der Waals surface area contributed by atoms with E-state index in [0.29, 0.717) is 15.8 Å². The minimum Gasteiger partial charge on any atom is -0.253 e. The molecule has 0 aliphatic rings. The van der Waals surface area contributed by atoms with Gasteiger partial charge in [-0.2, -0.15) is 0 Å². The molecule has 2 aromatic rings. The average Bonchev–Trinajstić information content (AvgIpc) is 2.27. The first-order valence-corrected chi connectivity index (χ1v) is 6.66. The first-order chi connectivity index (χ1) is 7.93. The maximum atomic E-state index is 12.1. The van der Waals surface area contributed by atoms with Gasteiger partial charge in [0.15, 0.2) is 0 Å². The highest BCUT2D eigenvalue weighted by Gasteiger charge is 2.19. The van der Waals surface area contributed by atoms with Gasteiger partial charge in [-0.3, -0.25) is 4.98 Å². The third kappa shape index (κ3) is 2.03. The minimum absolute atomic E-state index is 0.299. The molecule has 90 valence electrons. The quantitative estimate of drug-likeness (QED) is 0.816. The van der Waals surface area contributed by atoms with Crippen LogP contribution in [0.1, 0.15) is 5.69 Å². The molecule has 0 spiro atoms. The molecule has 0 atom stereocenters. The molecule has 0 saturated heterocycles. The lowest BCUT2D eigenvalue weighted by atomic mass is 10.2. The van der Waals surface area contributed by atoms with Crippen molar-refractivity contribution >= 4 is 20.9 Å². The van der Waals surface area contributed by atoms with E-state index < -0.39 is 10.0 Å². The molecule has 5 heteroatoms. The van der Waals surface area contributed by atoms with Crippen molar-refractivity contribution < 1.29 is 8.42 Å². The Morgan fingerprint density at radius 1 is 1.12 bits per heavy atom. The maximum Gasteiger partial charge on any atom is 0.243 e. The Labute approximate surface area is 101 Å². The lowest BCUT2D eigenvalue weighted by molar-refractivity contribution is 0.521. The lowest BCUT2D eigenvalue weighted by Crippen LogP contribution is -2.22. The van der Waals surface area contributed by atoms with Gasteiger partial charge in [0.25, 0.3) is 0 Å². The van der Waals surface area contributed by atoms with Gasteiger partial charge in [-0.15, -0.1) is 0 Å². The van der Waals surface area contributed by atoms with Crippen LogP contribution in [0.25, 0.3) is 10.9 Å². The van der Waals surface area contributed by atoms with Crippen molar-refractivity contribution in [1.82, 2.24) is 9.29 Å². The maximum absolute atomic E-state index is 12.1. The van der Waals surface area contributed by atoms with E-state index >= 15 is 0 Å². The fraction of sp³-hybridized carbons (Fsp3) is 0.250. The highest BCUT2D eigenvalue weighted by molar-refractivity contribution is 7.89. The SMILES string of the molecule is Cc1ccc2c(S(=O)(=O)N(C)C)cccc2n1. The van der Waals surface area contributed by atoms with Crippen LogP contribution in [0.4, 0.5) is 0 Å². The smallest absolute Gasteiger partial charge is 0.243 e. The van der Waals surface area contributed by atoms with Crippen molar-refractivity contribution in [3.05, 3.63) is 36.0 Å². The van der Waals surface area contributed by atoms with Gasteiger partial charge < -0.3 is 0 Å². The van der Waals surface area contributed by atoms with Crippen LogP contribution < -0.4 is 0 Å². The zero-order valence-electron chi connectivity index (χ0n) is 10.0. The number of aryl methyl sites for hydroxylation is 1. The lowest BCUT2D eigenvalue weighted by Gasteiger charge is -2.13. The number of hydrogen-bond donors (Lipinski definition) is 0. The van der Waals surface area contributed by atoms with Gasteiger partial charge in [-0.25, -0.2) is 12.7 Å². The number of fused-ring (bicyclic) bond motifs is 1. The van der Waals surface area contributed by atoms with Crippen molar-refractivity contribution in [1.29, 1.82) is 0 Å². The Hall–Kier alpha value is -1.46. The average molecular weight is 250 g/mol. The Kier molecular flexibility index (Phi) is 2.89. The largest absolute Gasteiger partial charge is 0.253 e. The summed E-state index contributed by atoms with van der Waals surface area (Å²) in [6, 6.07) is 8.75.